The molecule has 37 heavy (non-hydrogen) atoms. The summed E-state index contributed by atoms with van der Waals surface area (Å²) >= 11 is 0. The van der Waals surface area contributed by atoms with E-state index in [9.17, 15) is 4.79 Å². The van der Waals surface area contributed by atoms with Gasteiger partial charge in [-0.3, -0.25) is 14.0 Å². The summed E-state index contributed by atoms with van der Waals surface area (Å²) in [5, 5.41) is 7.88. The zero-order chi connectivity index (χ0) is 25.5. The molecule has 0 bridgehead atoms. The number of Topliss-reactive ketones (excluding diaryl/α,β-unsaturated/α-hetero) is 1. The Kier molecular flexibility index (Phi) is 6.16. The van der Waals surface area contributed by atoms with E-state index in [0.717, 1.165) is 83.9 Å². The van der Waals surface area contributed by atoms with Crippen LogP contribution in [0.5, 0.6) is 5.75 Å². The molecule has 2 fully saturated rings. The molecule has 1 aliphatic heterocycles. The van der Waals surface area contributed by atoms with E-state index >= 15 is 0 Å². The Hall–Kier alpha value is -3.72. The summed E-state index contributed by atoms with van der Waals surface area (Å²) in [6.07, 6.45) is 9.06. The number of ketones is 1. The quantitative estimate of drug-likeness (QED) is 0.359. The Morgan fingerprint density at radius 3 is 2.76 bits per heavy atom. The number of nitrogens with zero attached hydrogens (tertiary/aromatic N) is 5. The number of carbonyl (C=O) groups is 1. The molecule has 1 atom stereocenters. The van der Waals surface area contributed by atoms with E-state index in [1.807, 2.05) is 50.6 Å². The number of methoxy groups -OCH3 is 1. The third-order valence-corrected chi connectivity index (χ3v) is 7.21. The molecule has 2 aliphatic rings. The number of carbonyl (C=O) groups excluding carboxylic acids is 1. The normalized spacial score (nSPS) is 17.8. The number of nitrogens with one attached hydrogen (secondary N) is 1. The van der Waals surface area contributed by atoms with Crippen molar-refractivity contribution in [1.82, 2.24) is 24.3 Å². The molecule has 1 aromatic carbocycles. The highest BCUT2D eigenvalue weighted by molar-refractivity contribution is 5.92. The lowest BCUT2D eigenvalue weighted by Crippen LogP contribution is -2.19. The van der Waals surface area contributed by atoms with Gasteiger partial charge in [-0.1, -0.05) is 12.1 Å². The highest BCUT2D eigenvalue weighted by Gasteiger charge is 2.30. The molecule has 1 saturated heterocycles. The number of hydrogen-bond donors (Lipinski definition) is 1. The van der Waals surface area contributed by atoms with Gasteiger partial charge in [0.1, 0.15) is 29.1 Å². The van der Waals surface area contributed by atoms with Gasteiger partial charge in [0.25, 0.3) is 0 Å². The van der Waals surface area contributed by atoms with Gasteiger partial charge in [0.05, 0.1) is 30.4 Å². The van der Waals surface area contributed by atoms with E-state index in [0.29, 0.717) is 12.2 Å². The number of aromatic nitrogens is 5. The predicted octanol–water partition coefficient (Wildman–Crippen LogP) is 5.11. The first-order chi connectivity index (χ1) is 18.0. The van der Waals surface area contributed by atoms with E-state index in [2.05, 4.69) is 15.0 Å². The van der Waals surface area contributed by atoms with Crippen molar-refractivity contribution in [3.05, 3.63) is 48.2 Å². The molecule has 0 spiro atoms. The van der Waals surface area contributed by atoms with Crippen LogP contribution in [0.3, 0.4) is 0 Å². The van der Waals surface area contributed by atoms with E-state index in [-0.39, 0.29) is 17.9 Å². The molecule has 3 aromatic heterocycles. The lowest BCUT2D eigenvalue weighted by molar-refractivity contribution is -0.119. The molecular formula is C28H32N6O3. The first kappa shape index (κ1) is 23.7. The van der Waals surface area contributed by atoms with Crippen LogP contribution in [0, 0.1) is 12.8 Å². The average Bonchev–Trinajstić information content (AvgIpc) is 3.58. The number of hydrogen-bond acceptors (Lipinski definition) is 7. The van der Waals surface area contributed by atoms with Crippen LogP contribution < -0.4 is 10.1 Å². The lowest BCUT2D eigenvalue weighted by Gasteiger charge is -2.25. The fraction of sp³-hybridized carbons (Fsp3) is 0.429. The Bertz CT molecular complexity index is 1460. The number of rotatable bonds is 8. The van der Waals surface area contributed by atoms with Gasteiger partial charge < -0.3 is 14.8 Å². The fourth-order valence-electron chi connectivity index (χ4n) is 5.20. The number of pyridine rings is 1. The maximum atomic E-state index is 12.7. The molecule has 6 rings (SSSR count). The lowest BCUT2D eigenvalue weighted by atomic mass is 10.1. The van der Waals surface area contributed by atoms with Crippen LogP contribution >= 0.6 is 0 Å². The van der Waals surface area contributed by atoms with E-state index < -0.39 is 0 Å². The Balaban J connectivity index is 1.45. The molecule has 1 unspecified atom stereocenters. The molecule has 1 aliphatic carbocycles. The molecule has 4 heterocycles. The van der Waals surface area contributed by atoms with E-state index in [1.165, 1.54) is 0 Å². The van der Waals surface area contributed by atoms with Crippen LogP contribution in [0.4, 0.5) is 11.4 Å². The molecule has 9 nitrogen and oxygen atoms in total. The first-order valence-corrected chi connectivity index (χ1v) is 13.0. The second kappa shape index (κ2) is 9.63. The highest BCUT2D eigenvalue weighted by Crippen LogP contribution is 2.40. The predicted molar refractivity (Wildman–Crippen MR) is 141 cm³/mol. The highest BCUT2D eigenvalue weighted by atomic mass is 16.5. The zero-order valence-corrected chi connectivity index (χ0v) is 21.5. The minimum Gasteiger partial charge on any atom is -0.494 e. The van der Waals surface area contributed by atoms with Crippen molar-refractivity contribution in [3.63, 3.8) is 0 Å². The van der Waals surface area contributed by atoms with Gasteiger partial charge in [-0.25, -0.2) is 9.97 Å². The molecule has 1 saturated carbocycles. The van der Waals surface area contributed by atoms with Crippen molar-refractivity contribution >= 4 is 28.3 Å². The minimum absolute atomic E-state index is 0.100. The van der Waals surface area contributed by atoms with Crippen LogP contribution in [0.1, 0.15) is 49.9 Å². The molecule has 9 heteroatoms. The van der Waals surface area contributed by atoms with Gasteiger partial charge in [0.15, 0.2) is 5.65 Å². The van der Waals surface area contributed by atoms with Crippen molar-refractivity contribution in [2.24, 2.45) is 13.0 Å². The second-order valence-electron chi connectivity index (χ2n) is 10.0. The molecule has 0 radical (unpaired) electrons. The summed E-state index contributed by atoms with van der Waals surface area (Å²) in [6, 6.07) is 7.94. The number of para-hydroxylation sites is 1. The summed E-state index contributed by atoms with van der Waals surface area (Å²) in [7, 11) is 3.56. The number of benzene rings is 1. The Morgan fingerprint density at radius 2 is 2.05 bits per heavy atom. The summed E-state index contributed by atoms with van der Waals surface area (Å²) in [5.41, 5.74) is 5.74. The summed E-state index contributed by atoms with van der Waals surface area (Å²) in [5.74, 6) is 1.99. The van der Waals surface area contributed by atoms with Gasteiger partial charge in [-0.15, -0.1) is 0 Å². The number of fused-ring (bicyclic) bond motifs is 1. The summed E-state index contributed by atoms with van der Waals surface area (Å²) in [4.78, 5) is 22.6. The van der Waals surface area contributed by atoms with Crippen LogP contribution in [0.15, 0.2) is 36.7 Å². The van der Waals surface area contributed by atoms with Crippen molar-refractivity contribution in [1.29, 1.82) is 0 Å². The van der Waals surface area contributed by atoms with Crippen molar-refractivity contribution in [2.75, 3.05) is 19.0 Å². The molecule has 192 valence electrons. The first-order valence-electron chi connectivity index (χ1n) is 13.0. The third kappa shape index (κ3) is 4.59. The van der Waals surface area contributed by atoms with Gasteiger partial charge in [0, 0.05) is 43.3 Å². The van der Waals surface area contributed by atoms with Gasteiger partial charge >= 0.3 is 0 Å². The summed E-state index contributed by atoms with van der Waals surface area (Å²) < 4.78 is 15.8. The standard InChI is InChI=1S/C28H32N6O3/c1-17-30-26-23(32-22-8-6-7-21(27(22)36-3)19-15-29-33(2)16-19)13-20(14-24(35)18-10-11-18)31-28(26)34(17)25-9-4-5-12-37-25/h6-8,13,15-16,18,25H,4-5,9-12,14H2,1-3H3,(H,31,32). The number of aryl methyl sites for hydroxylation is 2. The average molecular weight is 501 g/mol. The third-order valence-electron chi connectivity index (χ3n) is 7.21. The van der Waals surface area contributed by atoms with Crippen LogP contribution in [-0.4, -0.2) is 43.8 Å². The monoisotopic (exact) mass is 500 g/mol. The SMILES string of the molecule is COc1c(Nc2cc(CC(=O)C3CC3)nc3c2nc(C)n3C2CCCCO2)cccc1-c1cnn(C)c1. The molecule has 1 N–H and O–H groups in total. The van der Waals surface area contributed by atoms with Gasteiger partial charge in [-0.2, -0.15) is 5.10 Å². The molecule has 4 aromatic rings. The van der Waals surface area contributed by atoms with Crippen molar-refractivity contribution < 1.29 is 14.3 Å². The van der Waals surface area contributed by atoms with Crippen LogP contribution in [-0.2, 0) is 23.0 Å². The minimum atomic E-state index is -0.100. The maximum absolute atomic E-state index is 12.7. The Labute approximate surface area is 215 Å². The number of ether oxygens (including phenoxy) is 2. The smallest absolute Gasteiger partial charge is 0.164 e. The largest absolute Gasteiger partial charge is 0.494 e. The maximum Gasteiger partial charge on any atom is 0.164 e. The van der Waals surface area contributed by atoms with Gasteiger partial charge in [0.2, 0.25) is 0 Å². The van der Waals surface area contributed by atoms with Crippen LogP contribution in [0.2, 0.25) is 0 Å². The summed E-state index contributed by atoms with van der Waals surface area (Å²) in [6.45, 7) is 2.72. The topological polar surface area (TPSA) is 96.1 Å². The van der Waals surface area contributed by atoms with Crippen molar-refractivity contribution in [3.8, 4) is 16.9 Å². The number of imidazole rings is 1. The second-order valence-corrected chi connectivity index (χ2v) is 10.0. The number of anilines is 2. The van der Waals surface area contributed by atoms with Crippen molar-refractivity contribution in [2.45, 2.75) is 51.7 Å². The molecule has 0 amide bonds. The van der Waals surface area contributed by atoms with E-state index in [4.69, 9.17) is 19.4 Å². The fourth-order valence-corrected chi connectivity index (χ4v) is 5.20. The van der Waals surface area contributed by atoms with E-state index in [1.54, 1.807) is 11.8 Å². The Morgan fingerprint density at radius 1 is 1.19 bits per heavy atom. The zero-order valence-electron chi connectivity index (χ0n) is 21.5. The molecular weight excluding hydrogens is 468 g/mol. The van der Waals surface area contributed by atoms with Crippen LogP contribution in [0.25, 0.3) is 22.3 Å². The van der Waals surface area contributed by atoms with Gasteiger partial charge in [-0.05, 0) is 51.2 Å².